The van der Waals surface area contributed by atoms with E-state index >= 15 is 0 Å². The maximum atomic E-state index is 13.7. The molecule has 1 rings (SSSR count). The second-order valence-corrected chi connectivity index (χ2v) is 5.65. The molecule has 0 aliphatic rings. The van der Waals surface area contributed by atoms with Crippen molar-refractivity contribution in [2.75, 3.05) is 5.32 Å². The molecule has 0 saturated heterocycles. The van der Waals surface area contributed by atoms with Gasteiger partial charge in [-0.05, 0) is 27.7 Å². The Bertz CT molecular complexity index is 547. The summed E-state index contributed by atoms with van der Waals surface area (Å²) < 4.78 is 27.4. The predicted molar refractivity (Wildman–Crippen MR) is 74.0 cm³/mol. The van der Waals surface area contributed by atoms with Gasteiger partial charge in [0.2, 0.25) is 5.91 Å². The van der Waals surface area contributed by atoms with Crippen LogP contribution in [0.15, 0.2) is 12.1 Å². The van der Waals surface area contributed by atoms with Crippen LogP contribution in [-0.2, 0) is 4.79 Å². The number of amides is 1. The molecule has 8 heteroatoms. The summed E-state index contributed by atoms with van der Waals surface area (Å²) in [7, 11) is 0. The summed E-state index contributed by atoms with van der Waals surface area (Å²) in [5.74, 6) is -2.70. The van der Waals surface area contributed by atoms with Crippen LogP contribution >= 0.6 is 0 Å². The first-order chi connectivity index (χ1) is 9.51. The van der Waals surface area contributed by atoms with Gasteiger partial charge in [0.05, 0.1) is 17.1 Å². The lowest BCUT2D eigenvalue weighted by molar-refractivity contribution is -0.385. The minimum atomic E-state index is -1.13. The van der Waals surface area contributed by atoms with E-state index in [-0.39, 0.29) is 0 Å². The lowest BCUT2D eigenvalue weighted by atomic mass is 10.1. The molecule has 0 saturated carbocycles. The average Bonchev–Trinajstić information content (AvgIpc) is 2.30. The van der Waals surface area contributed by atoms with Gasteiger partial charge in [0.15, 0.2) is 11.6 Å². The number of carbonyl (C=O) groups excluding carboxylic acids is 1. The third-order valence-electron chi connectivity index (χ3n) is 2.49. The van der Waals surface area contributed by atoms with Crippen LogP contribution in [0, 0.1) is 21.7 Å². The zero-order valence-corrected chi connectivity index (χ0v) is 12.2. The minimum Gasteiger partial charge on any atom is -0.369 e. The van der Waals surface area contributed by atoms with E-state index in [2.05, 4.69) is 10.6 Å². The summed E-state index contributed by atoms with van der Waals surface area (Å²) in [6, 6.07) is 0.286. The van der Waals surface area contributed by atoms with Crippen molar-refractivity contribution in [1.82, 2.24) is 5.32 Å². The fraction of sp³-hybridized carbons (Fsp3) is 0.462. The zero-order chi connectivity index (χ0) is 16.4. The van der Waals surface area contributed by atoms with Gasteiger partial charge in [0, 0.05) is 5.54 Å². The lowest BCUT2D eigenvalue weighted by Crippen LogP contribution is -2.47. The van der Waals surface area contributed by atoms with Gasteiger partial charge in [0.25, 0.3) is 5.69 Å². The molecule has 1 unspecified atom stereocenters. The number of rotatable bonds is 4. The summed E-state index contributed by atoms with van der Waals surface area (Å²) in [6.45, 7) is 6.74. The maximum absolute atomic E-state index is 13.7. The third-order valence-corrected chi connectivity index (χ3v) is 2.49. The fourth-order valence-corrected chi connectivity index (χ4v) is 1.56. The van der Waals surface area contributed by atoms with Gasteiger partial charge in [-0.25, -0.2) is 8.78 Å². The monoisotopic (exact) mass is 301 g/mol. The molecule has 1 atom stereocenters. The molecule has 0 aliphatic carbocycles. The van der Waals surface area contributed by atoms with E-state index in [9.17, 15) is 23.7 Å². The van der Waals surface area contributed by atoms with Crippen LogP contribution in [-0.4, -0.2) is 22.4 Å². The first-order valence-electron chi connectivity index (χ1n) is 6.23. The molecule has 0 fully saturated rings. The Labute approximate surface area is 120 Å². The smallest absolute Gasteiger partial charge is 0.275 e. The number of nitrogens with zero attached hydrogens (tertiary/aromatic N) is 1. The zero-order valence-electron chi connectivity index (χ0n) is 12.2. The van der Waals surface area contributed by atoms with Crippen molar-refractivity contribution in [2.24, 2.45) is 0 Å². The summed E-state index contributed by atoms with van der Waals surface area (Å²) in [5, 5.41) is 15.5. The molecule has 2 N–H and O–H groups in total. The second kappa shape index (κ2) is 6.02. The molecule has 0 spiro atoms. The number of carbonyl (C=O) groups is 1. The lowest BCUT2D eigenvalue weighted by Gasteiger charge is -2.24. The largest absolute Gasteiger partial charge is 0.369 e. The molecule has 0 heterocycles. The molecule has 1 aromatic carbocycles. The van der Waals surface area contributed by atoms with Crippen molar-refractivity contribution >= 4 is 17.3 Å². The highest BCUT2D eigenvalue weighted by Crippen LogP contribution is 2.25. The Balaban J connectivity index is 2.93. The summed E-state index contributed by atoms with van der Waals surface area (Å²) in [5.41, 5.74) is -1.75. The van der Waals surface area contributed by atoms with Crippen LogP contribution in [0.1, 0.15) is 27.7 Å². The Morgan fingerprint density at radius 1 is 1.29 bits per heavy atom. The van der Waals surface area contributed by atoms with E-state index < -0.39 is 45.4 Å². The van der Waals surface area contributed by atoms with Crippen LogP contribution in [0.2, 0.25) is 0 Å². The SMILES string of the molecule is CC(Nc1c(F)cc([N+](=O)[O-])cc1F)C(=O)NC(C)(C)C. The molecular formula is C13H17F2N3O3. The molecular weight excluding hydrogens is 284 g/mol. The van der Waals surface area contributed by atoms with Crippen molar-refractivity contribution in [3.63, 3.8) is 0 Å². The van der Waals surface area contributed by atoms with Crippen molar-refractivity contribution in [2.45, 2.75) is 39.3 Å². The minimum absolute atomic E-state index is 0.445. The van der Waals surface area contributed by atoms with Gasteiger partial charge in [-0.3, -0.25) is 14.9 Å². The van der Waals surface area contributed by atoms with E-state index in [0.717, 1.165) is 0 Å². The average molecular weight is 301 g/mol. The van der Waals surface area contributed by atoms with Crippen LogP contribution in [0.25, 0.3) is 0 Å². The van der Waals surface area contributed by atoms with Crippen molar-refractivity contribution < 1.29 is 18.5 Å². The highest BCUT2D eigenvalue weighted by atomic mass is 19.1. The van der Waals surface area contributed by atoms with Crippen LogP contribution < -0.4 is 10.6 Å². The number of benzene rings is 1. The molecule has 6 nitrogen and oxygen atoms in total. The Morgan fingerprint density at radius 2 is 1.76 bits per heavy atom. The Hall–Kier alpha value is -2.25. The summed E-state index contributed by atoms with van der Waals surface area (Å²) in [6.07, 6.45) is 0. The van der Waals surface area contributed by atoms with Gasteiger partial charge in [0.1, 0.15) is 11.7 Å². The second-order valence-electron chi connectivity index (χ2n) is 5.65. The number of non-ortho nitro benzene ring substituents is 1. The van der Waals surface area contributed by atoms with Gasteiger partial charge in [-0.15, -0.1) is 0 Å². The maximum Gasteiger partial charge on any atom is 0.275 e. The third kappa shape index (κ3) is 4.66. The standard InChI is InChI=1S/C13H17F2N3O3/c1-7(12(19)17-13(2,3)4)16-11-9(14)5-8(18(20)21)6-10(11)15/h5-7,16H,1-4H3,(H,17,19). The fourth-order valence-electron chi connectivity index (χ4n) is 1.56. The molecule has 0 radical (unpaired) electrons. The molecule has 1 amide bonds. The van der Waals surface area contributed by atoms with E-state index in [0.29, 0.717) is 12.1 Å². The van der Waals surface area contributed by atoms with Crippen molar-refractivity contribution in [3.8, 4) is 0 Å². The van der Waals surface area contributed by atoms with Gasteiger partial charge in [-0.1, -0.05) is 0 Å². The normalized spacial score (nSPS) is 12.7. The van der Waals surface area contributed by atoms with Crippen molar-refractivity contribution in [3.05, 3.63) is 33.9 Å². The van der Waals surface area contributed by atoms with Crippen molar-refractivity contribution in [1.29, 1.82) is 0 Å². The van der Waals surface area contributed by atoms with Gasteiger partial charge >= 0.3 is 0 Å². The van der Waals surface area contributed by atoms with Crippen LogP contribution in [0.5, 0.6) is 0 Å². The van der Waals surface area contributed by atoms with Gasteiger partial charge in [-0.2, -0.15) is 0 Å². The molecule has 0 aliphatic heterocycles. The van der Waals surface area contributed by atoms with E-state index in [1.165, 1.54) is 6.92 Å². The first-order valence-corrected chi connectivity index (χ1v) is 6.23. The molecule has 116 valence electrons. The van der Waals surface area contributed by atoms with E-state index in [1.54, 1.807) is 20.8 Å². The number of nitro benzene ring substituents is 1. The number of hydrogen-bond acceptors (Lipinski definition) is 4. The highest BCUT2D eigenvalue weighted by molar-refractivity contribution is 5.84. The van der Waals surface area contributed by atoms with Crippen LogP contribution in [0.4, 0.5) is 20.2 Å². The first kappa shape index (κ1) is 16.8. The Morgan fingerprint density at radius 3 is 2.14 bits per heavy atom. The topological polar surface area (TPSA) is 84.3 Å². The van der Waals surface area contributed by atoms with E-state index in [1.807, 2.05) is 0 Å². The molecule has 0 aromatic heterocycles. The Kier molecular flexibility index (Phi) is 4.82. The number of nitrogens with one attached hydrogen (secondary N) is 2. The summed E-state index contributed by atoms with van der Waals surface area (Å²) >= 11 is 0. The highest BCUT2D eigenvalue weighted by Gasteiger charge is 2.23. The van der Waals surface area contributed by atoms with Gasteiger partial charge < -0.3 is 10.6 Å². The number of halogens is 2. The van der Waals surface area contributed by atoms with Crippen LogP contribution in [0.3, 0.4) is 0 Å². The molecule has 0 bridgehead atoms. The predicted octanol–water partition coefficient (Wildman–Crippen LogP) is 2.59. The number of nitro groups is 1. The quantitative estimate of drug-likeness (QED) is 0.661. The summed E-state index contributed by atoms with van der Waals surface area (Å²) in [4.78, 5) is 21.4. The van der Waals surface area contributed by atoms with E-state index in [4.69, 9.17) is 0 Å². The number of anilines is 1. The number of hydrogen-bond donors (Lipinski definition) is 2. The molecule has 21 heavy (non-hydrogen) atoms. The molecule has 1 aromatic rings.